The summed E-state index contributed by atoms with van der Waals surface area (Å²) in [5.41, 5.74) is 2.96. The zero-order chi connectivity index (χ0) is 21.3. The number of hydrogen-bond acceptors (Lipinski definition) is 5. The Morgan fingerprint density at radius 2 is 2.00 bits per heavy atom. The summed E-state index contributed by atoms with van der Waals surface area (Å²) in [5.74, 6) is 1.60. The molecular weight excluding hydrogens is 458 g/mol. The molecule has 2 bridgehead atoms. The lowest BCUT2D eigenvalue weighted by Crippen LogP contribution is -2.65. The van der Waals surface area contributed by atoms with Crippen LogP contribution >= 0.6 is 15.9 Å². The minimum atomic E-state index is -0.445. The van der Waals surface area contributed by atoms with E-state index in [0.29, 0.717) is 17.5 Å². The molecular formula is C25H24BrNO4. The van der Waals surface area contributed by atoms with Crippen LogP contribution in [-0.2, 0) is 16.6 Å². The predicted molar refractivity (Wildman–Crippen MR) is 120 cm³/mol. The first-order valence-corrected chi connectivity index (χ1v) is 11.5. The van der Waals surface area contributed by atoms with Gasteiger partial charge in [0.15, 0.2) is 17.6 Å². The maximum absolute atomic E-state index is 12.9. The van der Waals surface area contributed by atoms with Crippen LogP contribution in [0.2, 0.25) is 0 Å². The van der Waals surface area contributed by atoms with Crippen LogP contribution in [0.4, 0.5) is 0 Å². The highest BCUT2D eigenvalue weighted by atomic mass is 79.9. The summed E-state index contributed by atoms with van der Waals surface area (Å²) in [6, 6.07) is 11.9. The number of halogens is 1. The maximum Gasteiger partial charge on any atom is 0.338 e. The average molecular weight is 482 g/mol. The molecule has 2 heterocycles. The van der Waals surface area contributed by atoms with Crippen molar-refractivity contribution in [2.45, 2.75) is 36.5 Å². The van der Waals surface area contributed by atoms with Crippen molar-refractivity contribution in [3.8, 4) is 11.5 Å². The van der Waals surface area contributed by atoms with E-state index in [-0.39, 0.29) is 17.5 Å². The van der Waals surface area contributed by atoms with Crippen LogP contribution in [0.25, 0.3) is 0 Å². The molecule has 2 aromatic rings. The Bertz CT molecular complexity index is 1100. The fraction of sp³-hybridized carbons (Fsp3) is 0.400. The Labute approximate surface area is 190 Å². The minimum Gasteiger partial charge on any atom is -0.493 e. The van der Waals surface area contributed by atoms with E-state index in [1.54, 1.807) is 19.2 Å². The molecule has 5 nitrogen and oxygen atoms in total. The number of ether oxygens (including phenoxy) is 3. The number of carbonyl (C=O) groups is 1. The van der Waals surface area contributed by atoms with E-state index in [1.165, 1.54) is 11.1 Å². The molecule has 0 saturated carbocycles. The van der Waals surface area contributed by atoms with Crippen LogP contribution < -0.4 is 9.47 Å². The largest absolute Gasteiger partial charge is 0.493 e. The highest BCUT2D eigenvalue weighted by molar-refractivity contribution is 9.10. The van der Waals surface area contributed by atoms with Gasteiger partial charge in [-0.3, -0.25) is 0 Å². The van der Waals surface area contributed by atoms with Crippen molar-refractivity contribution in [1.82, 2.24) is 4.90 Å². The van der Waals surface area contributed by atoms with E-state index < -0.39 is 6.10 Å². The summed E-state index contributed by atoms with van der Waals surface area (Å²) in [6.45, 7) is 0.998. The molecule has 6 heteroatoms. The molecule has 2 aromatic carbocycles. The Kier molecular flexibility index (Phi) is 4.28. The average Bonchev–Trinajstić information content (AvgIpc) is 3.13. The first kappa shape index (κ1) is 19.4. The highest BCUT2D eigenvalue weighted by Crippen LogP contribution is 2.62. The lowest BCUT2D eigenvalue weighted by atomic mass is 9.53. The first-order chi connectivity index (χ1) is 15.0. The summed E-state index contributed by atoms with van der Waals surface area (Å²) in [5, 5.41) is 0. The van der Waals surface area contributed by atoms with Gasteiger partial charge in [-0.15, -0.1) is 0 Å². The van der Waals surface area contributed by atoms with E-state index in [1.807, 2.05) is 24.3 Å². The van der Waals surface area contributed by atoms with Crippen molar-refractivity contribution in [3.63, 3.8) is 0 Å². The molecule has 1 fully saturated rings. The van der Waals surface area contributed by atoms with Crippen LogP contribution in [0.5, 0.6) is 11.5 Å². The van der Waals surface area contributed by atoms with Gasteiger partial charge in [0.2, 0.25) is 0 Å². The van der Waals surface area contributed by atoms with E-state index in [0.717, 1.165) is 35.4 Å². The number of esters is 1. The van der Waals surface area contributed by atoms with Crippen LogP contribution in [0, 0.1) is 5.92 Å². The van der Waals surface area contributed by atoms with E-state index in [2.05, 4.69) is 40.0 Å². The predicted octanol–water partition coefficient (Wildman–Crippen LogP) is 4.13. The van der Waals surface area contributed by atoms with Gasteiger partial charge < -0.3 is 19.1 Å². The lowest BCUT2D eigenvalue weighted by molar-refractivity contribution is -0.0555. The third kappa shape index (κ3) is 2.61. The molecule has 31 heavy (non-hydrogen) atoms. The van der Waals surface area contributed by atoms with Crippen LogP contribution in [0.3, 0.4) is 0 Å². The Balaban J connectivity index is 1.43. The van der Waals surface area contributed by atoms with Crippen molar-refractivity contribution in [1.29, 1.82) is 0 Å². The van der Waals surface area contributed by atoms with Gasteiger partial charge in [0, 0.05) is 27.4 Å². The van der Waals surface area contributed by atoms with Gasteiger partial charge in [-0.05, 0) is 68.4 Å². The monoisotopic (exact) mass is 481 g/mol. The number of methoxy groups -OCH3 is 1. The first-order valence-electron chi connectivity index (χ1n) is 10.7. The van der Waals surface area contributed by atoms with Gasteiger partial charge in [0.05, 0.1) is 12.7 Å². The number of carbonyl (C=O) groups excluding carboxylic acids is 1. The van der Waals surface area contributed by atoms with Crippen molar-refractivity contribution < 1.29 is 19.0 Å². The Morgan fingerprint density at radius 3 is 2.77 bits per heavy atom. The zero-order valence-electron chi connectivity index (χ0n) is 17.5. The lowest BCUT2D eigenvalue weighted by Gasteiger charge is -2.56. The number of piperidine rings is 1. The SMILES string of the molecule is COc1ccc2c3c1O[C@H]1[C@@H](OC(=O)c4ccc(Br)cc4)C=C[C@H]4[C@@H](C2)N(C)CC[C@@]341. The maximum atomic E-state index is 12.9. The fourth-order valence-corrected chi connectivity index (χ4v) is 6.51. The summed E-state index contributed by atoms with van der Waals surface area (Å²) in [7, 11) is 3.90. The van der Waals surface area contributed by atoms with E-state index >= 15 is 0 Å². The number of rotatable bonds is 3. The summed E-state index contributed by atoms with van der Waals surface area (Å²) in [6.07, 6.45) is 5.60. The molecule has 5 atom stereocenters. The Morgan fingerprint density at radius 1 is 1.19 bits per heavy atom. The topological polar surface area (TPSA) is 48.0 Å². The summed E-state index contributed by atoms with van der Waals surface area (Å²) < 4.78 is 19.3. The normalized spacial score (nSPS) is 32.2. The van der Waals surface area contributed by atoms with Gasteiger partial charge in [0.25, 0.3) is 0 Å². The standard InChI is InChI=1S/C25H24BrNO4/c1-27-12-11-25-17-8-10-20(30-24(28)14-3-6-16(26)7-4-14)23(25)31-22-19(29-2)9-5-15(21(22)25)13-18(17)27/h3-10,17-18,20,23H,11-13H2,1-2H3/t17-,18+,20-,23-,25-/m0/s1. The second kappa shape index (κ2) is 6.84. The molecule has 0 unspecified atom stereocenters. The number of likely N-dealkylation sites (tertiary alicyclic amines) is 1. The second-order valence-corrected chi connectivity index (χ2v) is 9.92. The molecule has 4 aliphatic rings. The summed E-state index contributed by atoms with van der Waals surface area (Å²) in [4.78, 5) is 15.4. The van der Waals surface area contributed by atoms with Crippen molar-refractivity contribution >= 4 is 21.9 Å². The van der Waals surface area contributed by atoms with E-state index in [4.69, 9.17) is 14.2 Å². The highest BCUT2D eigenvalue weighted by Gasteiger charge is 2.65. The number of benzene rings is 2. The quantitative estimate of drug-likeness (QED) is 0.487. The van der Waals surface area contributed by atoms with Gasteiger partial charge in [0.1, 0.15) is 6.10 Å². The zero-order valence-corrected chi connectivity index (χ0v) is 19.1. The fourth-order valence-electron chi connectivity index (χ4n) is 6.25. The van der Waals surface area contributed by atoms with Crippen molar-refractivity contribution in [2.75, 3.05) is 20.7 Å². The minimum absolute atomic E-state index is 0.186. The van der Waals surface area contributed by atoms with Crippen LogP contribution in [-0.4, -0.2) is 49.8 Å². The van der Waals surface area contributed by atoms with Crippen molar-refractivity contribution in [2.24, 2.45) is 5.92 Å². The third-order valence-electron chi connectivity index (χ3n) is 7.66. The molecule has 2 aliphatic carbocycles. The Hall–Kier alpha value is -2.31. The van der Waals surface area contributed by atoms with Gasteiger partial charge in [-0.25, -0.2) is 4.79 Å². The van der Waals surface area contributed by atoms with Gasteiger partial charge >= 0.3 is 5.97 Å². The van der Waals surface area contributed by atoms with Crippen molar-refractivity contribution in [3.05, 3.63) is 69.7 Å². The second-order valence-electron chi connectivity index (χ2n) is 9.00. The third-order valence-corrected chi connectivity index (χ3v) is 8.19. The molecule has 0 N–H and O–H groups in total. The molecule has 6 rings (SSSR count). The molecule has 1 saturated heterocycles. The number of likely N-dealkylation sites (N-methyl/N-ethyl adjacent to an activating group) is 1. The molecule has 0 amide bonds. The molecule has 160 valence electrons. The number of nitrogens with zero attached hydrogens (tertiary/aromatic N) is 1. The molecule has 0 aromatic heterocycles. The molecule has 1 spiro atoms. The van der Waals surface area contributed by atoms with Gasteiger partial charge in [-0.1, -0.05) is 28.1 Å². The number of hydrogen-bond donors (Lipinski definition) is 0. The van der Waals surface area contributed by atoms with Crippen LogP contribution in [0.1, 0.15) is 27.9 Å². The summed E-state index contributed by atoms with van der Waals surface area (Å²) >= 11 is 3.41. The smallest absolute Gasteiger partial charge is 0.338 e. The van der Waals surface area contributed by atoms with Gasteiger partial charge in [-0.2, -0.15) is 0 Å². The van der Waals surface area contributed by atoms with Crippen LogP contribution in [0.15, 0.2) is 53.0 Å². The van der Waals surface area contributed by atoms with E-state index in [9.17, 15) is 4.79 Å². The molecule has 2 aliphatic heterocycles. The molecule has 0 radical (unpaired) electrons.